The predicted molar refractivity (Wildman–Crippen MR) is 154 cm³/mol. The molecule has 0 bridgehead atoms. The fourth-order valence-corrected chi connectivity index (χ4v) is 4.93. The van der Waals surface area contributed by atoms with Crippen LogP contribution in [-0.4, -0.2) is 11.8 Å². The SMILES string of the molecule is O=C(Nc1scc(-c2ccccc2)c1C(=O)Nc1ccc(OCc2ccc(Cl)cc2)cc1)c1ccccc1. The molecule has 5 rings (SSSR count). The van der Waals surface area contributed by atoms with Gasteiger partial charge in [0.15, 0.2) is 0 Å². The third kappa shape index (κ3) is 6.11. The van der Waals surface area contributed by atoms with Crippen LogP contribution in [0.15, 0.2) is 115 Å². The minimum absolute atomic E-state index is 0.275. The Morgan fingerprint density at radius 1 is 0.737 bits per heavy atom. The minimum atomic E-state index is -0.316. The molecule has 0 saturated carbocycles. The number of halogens is 1. The highest BCUT2D eigenvalue weighted by Crippen LogP contribution is 2.36. The van der Waals surface area contributed by atoms with E-state index in [2.05, 4.69) is 10.6 Å². The Morgan fingerprint density at radius 2 is 1.39 bits per heavy atom. The van der Waals surface area contributed by atoms with Crippen LogP contribution in [0.1, 0.15) is 26.3 Å². The molecule has 0 radical (unpaired) electrons. The summed E-state index contributed by atoms with van der Waals surface area (Å²) < 4.78 is 5.84. The average molecular weight is 539 g/mol. The molecule has 0 aliphatic heterocycles. The largest absolute Gasteiger partial charge is 0.489 e. The van der Waals surface area contributed by atoms with Gasteiger partial charge in [0.05, 0.1) is 5.56 Å². The van der Waals surface area contributed by atoms with Gasteiger partial charge < -0.3 is 15.4 Å². The summed E-state index contributed by atoms with van der Waals surface area (Å²) in [5, 5.41) is 8.93. The molecule has 0 atom stereocenters. The molecule has 188 valence electrons. The van der Waals surface area contributed by atoms with Crippen molar-refractivity contribution in [2.45, 2.75) is 6.61 Å². The van der Waals surface area contributed by atoms with E-state index in [9.17, 15) is 9.59 Å². The number of nitrogens with one attached hydrogen (secondary N) is 2. The Labute approximate surface area is 229 Å². The van der Waals surface area contributed by atoms with Crippen molar-refractivity contribution in [2.75, 3.05) is 10.6 Å². The zero-order valence-corrected chi connectivity index (χ0v) is 21.8. The van der Waals surface area contributed by atoms with E-state index in [-0.39, 0.29) is 11.8 Å². The first-order valence-corrected chi connectivity index (χ1v) is 13.1. The summed E-state index contributed by atoms with van der Waals surface area (Å²) in [5.41, 5.74) is 4.18. The third-order valence-corrected chi connectivity index (χ3v) is 6.94. The second-order valence-corrected chi connectivity index (χ2v) is 9.75. The molecular formula is C31H23ClN2O3S. The quantitative estimate of drug-likeness (QED) is 0.209. The zero-order valence-electron chi connectivity index (χ0n) is 20.2. The topological polar surface area (TPSA) is 67.4 Å². The van der Waals surface area contributed by atoms with Gasteiger partial charge in [-0.25, -0.2) is 0 Å². The molecule has 1 heterocycles. The number of ether oxygens (including phenoxy) is 1. The van der Waals surface area contributed by atoms with Gasteiger partial charge in [-0.2, -0.15) is 0 Å². The van der Waals surface area contributed by atoms with E-state index >= 15 is 0 Å². The first-order valence-electron chi connectivity index (χ1n) is 11.9. The van der Waals surface area contributed by atoms with Gasteiger partial charge in [-0.3, -0.25) is 9.59 Å². The Bertz CT molecular complexity index is 1530. The molecule has 7 heteroatoms. The van der Waals surface area contributed by atoms with Gasteiger partial charge in [0.2, 0.25) is 0 Å². The zero-order chi connectivity index (χ0) is 26.3. The van der Waals surface area contributed by atoms with Crippen molar-refractivity contribution in [1.29, 1.82) is 0 Å². The van der Waals surface area contributed by atoms with E-state index in [4.69, 9.17) is 16.3 Å². The first kappa shape index (κ1) is 25.3. The van der Waals surface area contributed by atoms with E-state index in [1.165, 1.54) is 11.3 Å². The van der Waals surface area contributed by atoms with Crippen molar-refractivity contribution >= 4 is 45.4 Å². The number of thiophene rings is 1. The van der Waals surface area contributed by atoms with Gasteiger partial charge in [-0.15, -0.1) is 11.3 Å². The van der Waals surface area contributed by atoms with E-state index in [1.807, 2.05) is 66.0 Å². The van der Waals surface area contributed by atoms with Crippen molar-refractivity contribution in [1.82, 2.24) is 0 Å². The summed E-state index contributed by atoms with van der Waals surface area (Å²) in [6.45, 7) is 0.405. The first-order chi connectivity index (χ1) is 18.6. The third-order valence-electron chi connectivity index (χ3n) is 5.80. The normalized spacial score (nSPS) is 10.6. The van der Waals surface area contributed by atoms with Crippen molar-refractivity contribution < 1.29 is 14.3 Å². The summed E-state index contributed by atoms with van der Waals surface area (Å²) >= 11 is 7.26. The second-order valence-electron chi connectivity index (χ2n) is 8.43. The number of hydrogen-bond donors (Lipinski definition) is 2. The Hall–Kier alpha value is -4.39. The maximum Gasteiger partial charge on any atom is 0.259 e. The number of benzene rings is 4. The minimum Gasteiger partial charge on any atom is -0.489 e. The Balaban J connectivity index is 1.34. The highest BCUT2D eigenvalue weighted by Gasteiger charge is 2.22. The monoisotopic (exact) mass is 538 g/mol. The molecule has 5 nitrogen and oxygen atoms in total. The molecule has 1 aromatic heterocycles. The van der Waals surface area contributed by atoms with Crippen molar-refractivity contribution in [3.8, 4) is 16.9 Å². The summed E-state index contributed by atoms with van der Waals surface area (Å²) in [7, 11) is 0. The van der Waals surface area contributed by atoms with Crippen LogP contribution < -0.4 is 15.4 Å². The summed E-state index contributed by atoms with van der Waals surface area (Å²) in [6.07, 6.45) is 0. The summed E-state index contributed by atoms with van der Waals surface area (Å²) in [4.78, 5) is 26.4. The lowest BCUT2D eigenvalue weighted by Gasteiger charge is -2.11. The summed E-state index contributed by atoms with van der Waals surface area (Å²) in [5.74, 6) is 0.0841. The number of hydrogen-bond acceptors (Lipinski definition) is 4. The molecule has 0 unspecified atom stereocenters. The van der Waals surface area contributed by atoms with E-state index < -0.39 is 0 Å². The molecule has 5 aromatic rings. The lowest BCUT2D eigenvalue weighted by Crippen LogP contribution is -2.17. The van der Waals surface area contributed by atoms with Crippen LogP contribution >= 0.6 is 22.9 Å². The fraction of sp³-hybridized carbons (Fsp3) is 0.0323. The lowest BCUT2D eigenvalue weighted by atomic mass is 10.0. The molecule has 0 fully saturated rings. The lowest BCUT2D eigenvalue weighted by molar-refractivity contribution is 0.102. The van der Waals surface area contributed by atoms with Crippen LogP contribution in [0.4, 0.5) is 10.7 Å². The van der Waals surface area contributed by atoms with Gasteiger partial charge in [0.25, 0.3) is 11.8 Å². The number of carbonyl (C=O) groups is 2. The van der Waals surface area contributed by atoms with Crippen LogP contribution in [0.2, 0.25) is 5.02 Å². The maximum atomic E-state index is 13.5. The Kier molecular flexibility index (Phi) is 7.83. The molecule has 0 aliphatic carbocycles. The van der Waals surface area contributed by atoms with E-state index in [0.29, 0.717) is 39.2 Å². The molecule has 38 heavy (non-hydrogen) atoms. The van der Waals surface area contributed by atoms with Crippen LogP contribution in [0.25, 0.3) is 11.1 Å². The Morgan fingerprint density at radius 3 is 2.08 bits per heavy atom. The van der Waals surface area contributed by atoms with Crippen LogP contribution in [0.3, 0.4) is 0 Å². The van der Waals surface area contributed by atoms with Crippen molar-refractivity contribution in [2.24, 2.45) is 0 Å². The van der Waals surface area contributed by atoms with Gasteiger partial charge >= 0.3 is 0 Å². The summed E-state index contributed by atoms with van der Waals surface area (Å²) in [6, 6.07) is 33.2. The average Bonchev–Trinajstić information content (AvgIpc) is 3.38. The van der Waals surface area contributed by atoms with Crippen LogP contribution in [-0.2, 0) is 6.61 Å². The van der Waals surface area contributed by atoms with Crippen LogP contribution in [0.5, 0.6) is 5.75 Å². The fourth-order valence-electron chi connectivity index (χ4n) is 3.85. The van der Waals surface area contributed by atoms with Crippen molar-refractivity contribution in [3.63, 3.8) is 0 Å². The highest BCUT2D eigenvalue weighted by molar-refractivity contribution is 7.15. The number of carbonyl (C=O) groups excluding carboxylic acids is 2. The standard InChI is InChI=1S/C31H23ClN2O3S/c32-24-13-11-21(12-14-24)19-37-26-17-15-25(16-18-26)33-30(36)28-27(22-7-3-1-4-8-22)20-38-31(28)34-29(35)23-9-5-2-6-10-23/h1-18,20H,19H2,(H,33,36)(H,34,35). The molecule has 2 amide bonds. The maximum absolute atomic E-state index is 13.5. The molecule has 0 saturated heterocycles. The molecule has 2 N–H and O–H groups in total. The van der Waals surface area contributed by atoms with Gasteiger partial charge in [0, 0.05) is 27.2 Å². The number of rotatable bonds is 8. The number of anilines is 2. The van der Waals surface area contributed by atoms with Gasteiger partial charge in [0.1, 0.15) is 17.4 Å². The molecule has 4 aromatic carbocycles. The smallest absolute Gasteiger partial charge is 0.259 e. The van der Waals surface area contributed by atoms with E-state index in [1.54, 1.807) is 48.5 Å². The highest BCUT2D eigenvalue weighted by atomic mass is 35.5. The van der Waals surface area contributed by atoms with Crippen molar-refractivity contribution in [3.05, 3.63) is 136 Å². The molecular weight excluding hydrogens is 516 g/mol. The second kappa shape index (κ2) is 11.8. The van der Waals surface area contributed by atoms with Gasteiger partial charge in [-0.1, -0.05) is 72.3 Å². The van der Waals surface area contributed by atoms with E-state index in [0.717, 1.165) is 16.7 Å². The molecule has 0 spiro atoms. The van der Waals surface area contributed by atoms with Gasteiger partial charge in [-0.05, 0) is 59.7 Å². The molecule has 0 aliphatic rings. The van der Waals surface area contributed by atoms with Crippen LogP contribution in [0, 0.1) is 0 Å². The predicted octanol–water partition coefficient (Wildman–Crippen LogP) is 8.15. The number of amides is 2.